The summed E-state index contributed by atoms with van der Waals surface area (Å²) in [5, 5.41) is 0. The van der Waals surface area contributed by atoms with E-state index in [1.54, 1.807) is 7.11 Å². The normalized spacial score (nSPS) is 18.3. The zero-order valence-corrected chi connectivity index (χ0v) is 11.8. The first-order valence-electron chi connectivity index (χ1n) is 7.07. The average Bonchev–Trinajstić information content (AvgIpc) is 2.90. The molecule has 1 unspecified atom stereocenters. The highest BCUT2D eigenvalue weighted by atomic mass is 16.5. The fourth-order valence-corrected chi connectivity index (χ4v) is 3.00. The summed E-state index contributed by atoms with van der Waals surface area (Å²) in [4.78, 5) is 0. The van der Waals surface area contributed by atoms with E-state index in [0.717, 1.165) is 5.75 Å². The van der Waals surface area contributed by atoms with Crippen LogP contribution >= 0.6 is 0 Å². The number of nitrogens with two attached hydrogens (primary N) is 1. The van der Waals surface area contributed by atoms with Gasteiger partial charge in [0.25, 0.3) is 0 Å². The van der Waals surface area contributed by atoms with Gasteiger partial charge in [0.1, 0.15) is 5.75 Å². The summed E-state index contributed by atoms with van der Waals surface area (Å²) in [7, 11) is 1.73. The maximum Gasteiger partial charge on any atom is 0.122 e. The van der Waals surface area contributed by atoms with E-state index in [1.807, 2.05) is 0 Å². The monoisotopic (exact) mass is 247 g/mol. The van der Waals surface area contributed by atoms with Crippen LogP contribution in [0.15, 0.2) is 18.2 Å². The smallest absolute Gasteiger partial charge is 0.122 e. The zero-order valence-electron chi connectivity index (χ0n) is 11.8. The zero-order chi connectivity index (χ0) is 13.1. The Kier molecular flexibility index (Phi) is 4.28. The first-order chi connectivity index (χ1) is 8.63. The maximum absolute atomic E-state index is 6.42. The van der Waals surface area contributed by atoms with Crippen LogP contribution in [0.5, 0.6) is 5.75 Å². The van der Waals surface area contributed by atoms with E-state index >= 15 is 0 Å². The van der Waals surface area contributed by atoms with Crippen molar-refractivity contribution in [2.75, 3.05) is 7.11 Å². The summed E-state index contributed by atoms with van der Waals surface area (Å²) in [6.07, 6.45) is 5.24. The highest BCUT2D eigenvalue weighted by Crippen LogP contribution is 2.36. The molecule has 0 bridgehead atoms. The van der Waals surface area contributed by atoms with Crippen LogP contribution in [0.2, 0.25) is 0 Å². The number of ether oxygens (including phenoxy) is 1. The molecule has 1 aliphatic rings. The third-order valence-corrected chi connectivity index (χ3v) is 4.17. The molecule has 2 N–H and O–H groups in total. The Morgan fingerprint density at radius 2 is 1.89 bits per heavy atom. The molecule has 0 spiro atoms. The van der Waals surface area contributed by atoms with Gasteiger partial charge in [-0.25, -0.2) is 0 Å². The molecule has 100 valence electrons. The quantitative estimate of drug-likeness (QED) is 0.872. The van der Waals surface area contributed by atoms with Crippen LogP contribution in [0, 0.1) is 5.92 Å². The molecule has 2 heteroatoms. The van der Waals surface area contributed by atoms with Gasteiger partial charge < -0.3 is 10.5 Å². The second kappa shape index (κ2) is 5.75. The van der Waals surface area contributed by atoms with E-state index < -0.39 is 0 Å². The third-order valence-electron chi connectivity index (χ3n) is 4.17. The summed E-state index contributed by atoms with van der Waals surface area (Å²) < 4.78 is 5.43. The molecule has 2 rings (SSSR count). The van der Waals surface area contributed by atoms with Crippen molar-refractivity contribution in [1.29, 1.82) is 0 Å². The van der Waals surface area contributed by atoms with Gasteiger partial charge >= 0.3 is 0 Å². The van der Waals surface area contributed by atoms with Gasteiger partial charge in [0.2, 0.25) is 0 Å². The molecule has 2 nitrogen and oxygen atoms in total. The number of rotatable bonds is 4. The summed E-state index contributed by atoms with van der Waals surface area (Å²) in [5.74, 6) is 2.11. The second-order valence-corrected chi connectivity index (χ2v) is 5.73. The van der Waals surface area contributed by atoms with Gasteiger partial charge in [-0.05, 0) is 41.9 Å². The summed E-state index contributed by atoms with van der Waals surface area (Å²) in [6.45, 7) is 4.39. The molecule has 0 aliphatic heterocycles. The molecule has 1 aromatic rings. The van der Waals surface area contributed by atoms with Crippen LogP contribution < -0.4 is 10.5 Å². The van der Waals surface area contributed by atoms with Crippen LogP contribution in [0.1, 0.15) is 62.6 Å². The van der Waals surface area contributed by atoms with Crippen molar-refractivity contribution in [1.82, 2.24) is 0 Å². The van der Waals surface area contributed by atoms with E-state index in [2.05, 4.69) is 32.0 Å². The molecule has 0 aromatic heterocycles. The predicted molar refractivity (Wildman–Crippen MR) is 76.0 cm³/mol. The fourth-order valence-electron chi connectivity index (χ4n) is 3.00. The predicted octanol–water partition coefficient (Wildman–Crippen LogP) is 4.01. The molecule has 18 heavy (non-hydrogen) atoms. The minimum atomic E-state index is 0.191. The van der Waals surface area contributed by atoms with Gasteiger partial charge in [-0.1, -0.05) is 38.8 Å². The van der Waals surface area contributed by atoms with E-state index in [1.165, 1.54) is 36.8 Å². The summed E-state index contributed by atoms with van der Waals surface area (Å²) in [5.41, 5.74) is 8.96. The Labute approximate surface area is 111 Å². The maximum atomic E-state index is 6.42. The highest BCUT2D eigenvalue weighted by Gasteiger charge is 2.24. The molecule has 1 atom stereocenters. The standard InChI is InChI=1S/C16H25NO/c1-11(2)14-10-13(8-9-15(14)18-3)16(17)12-6-4-5-7-12/h8-12,16H,4-7,17H2,1-3H3. The van der Waals surface area contributed by atoms with Crippen LogP contribution in [-0.2, 0) is 0 Å². The van der Waals surface area contributed by atoms with Gasteiger partial charge in [0, 0.05) is 6.04 Å². The van der Waals surface area contributed by atoms with Crippen molar-refractivity contribution in [3.8, 4) is 5.75 Å². The lowest BCUT2D eigenvalue weighted by Gasteiger charge is -2.21. The Balaban J connectivity index is 2.25. The molecule has 1 fully saturated rings. The minimum absolute atomic E-state index is 0.191. The molecule has 0 amide bonds. The van der Waals surface area contributed by atoms with E-state index in [-0.39, 0.29) is 6.04 Å². The first-order valence-corrected chi connectivity index (χ1v) is 7.07. The summed E-state index contributed by atoms with van der Waals surface area (Å²) >= 11 is 0. The third kappa shape index (κ3) is 2.69. The lowest BCUT2D eigenvalue weighted by atomic mass is 9.89. The molecule has 0 saturated heterocycles. The Morgan fingerprint density at radius 3 is 2.44 bits per heavy atom. The van der Waals surface area contributed by atoms with Gasteiger partial charge in [-0.15, -0.1) is 0 Å². The van der Waals surface area contributed by atoms with Crippen LogP contribution in [0.4, 0.5) is 0 Å². The van der Waals surface area contributed by atoms with E-state index in [0.29, 0.717) is 11.8 Å². The van der Waals surface area contributed by atoms with Crippen LogP contribution in [0.25, 0.3) is 0 Å². The Hall–Kier alpha value is -1.02. The highest BCUT2D eigenvalue weighted by molar-refractivity contribution is 5.40. The second-order valence-electron chi connectivity index (χ2n) is 5.73. The van der Waals surface area contributed by atoms with Gasteiger partial charge in [0.05, 0.1) is 7.11 Å². The van der Waals surface area contributed by atoms with Crippen molar-refractivity contribution in [3.05, 3.63) is 29.3 Å². The first kappa shape index (κ1) is 13.4. The van der Waals surface area contributed by atoms with Crippen molar-refractivity contribution in [2.45, 2.75) is 51.5 Å². The van der Waals surface area contributed by atoms with Crippen molar-refractivity contribution in [2.24, 2.45) is 11.7 Å². The van der Waals surface area contributed by atoms with Crippen molar-refractivity contribution < 1.29 is 4.74 Å². The SMILES string of the molecule is COc1ccc(C(N)C2CCCC2)cc1C(C)C. The number of benzene rings is 1. The summed E-state index contributed by atoms with van der Waals surface area (Å²) in [6, 6.07) is 6.63. The lowest BCUT2D eigenvalue weighted by Crippen LogP contribution is -2.19. The number of methoxy groups -OCH3 is 1. The number of hydrogen-bond donors (Lipinski definition) is 1. The topological polar surface area (TPSA) is 35.2 Å². The van der Waals surface area contributed by atoms with E-state index in [9.17, 15) is 0 Å². The average molecular weight is 247 g/mol. The number of hydrogen-bond acceptors (Lipinski definition) is 2. The molecule has 0 radical (unpaired) electrons. The van der Waals surface area contributed by atoms with Gasteiger partial charge in [-0.2, -0.15) is 0 Å². The van der Waals surface area contributed by atoms with E-state index in [4.69, 9.17) is 10.5 Å². The Bertz CT molecular complexity index is 394. The van der Waals surface area contributed by atoms with Crippen molar-refractivity contribution >= 4 is 0 Å². The minimum Gasteiger partial charge on any atom is -0.496 e. The Morgan fingerprint density at radius 1 is 1.22 bits per heavy atom. The van der Waals surface area contributed by atoms with Gasteiger partial charge in [-0.3, -0.25) is 0 Å². The van der Waals surface area contributed by atoms with Gasteiger partial charge in [0.15, 0.2) is 0 Å². The van der Waals surface area contributed by atoms with Crippen LogP contribution in [-0.4, -0.2) is 7.11 Å². The molecular formula is C16H25NO. The van der Waals surface area contributed by atoms with Crippen molar-refractivity contribution in [3.63, 3.8) is 0 Å². The largest absolute Gasteiger partial charge is 0.496 e. The molecular weight excluding hydrogens is 222 g/mol. The molecule has 1 aliphatic carbocycles. The fraction of sp³-hybridized carbons (Fsp3) is 0.625. The molecule has 1 saturated carbocycles. The lowest BCUT2D eigenvalue weighted by molar-refractivity contribution is 0.405. The van der Waals surface area contributed by atoms with Crippen LogP contribution in [0.3, 0.4) is 0 Å². The molecule has 1 aromatic carbocycles. The molecule has 0 heterocycles.